The maximum absolute atomic E-state index is 10.9. The van der Waals surface area contributed by atoms with Gasteiger partial charge in [-0.1, -0.05) is 39.0 Å². The van der Waals surface area contributed by atoms with Crippen LogP contribution >= 0.6 is 0 Å². The number of carboxylic acid groups (broad SMARTS) is 1. The van der Waals surface area contributed by atoms with Gasteiger partial charge in [0.25, 0.3) is 0 Å². The van der Waals surface area contributed by atoms with Crippen molar-refractivity contribution in [1.82, 2.24) is 0 Å². The Hall–Kier alpha value is -1.39. The molecule has 0 aromatic carbocycles. The molecular weight excluding hydrogens is 258 g/mol. The molecule has 0 saturated heterocycles. The third-order valence-electron chi connectivity index (χ3n) is 3.25. The Bertz CT molecular complexity index is 313. The monoisotopic (exact) mass is 285 g/mol. The van der Waals surface area contributed by atoms with Gasteiger partial charge in [0.15, 0.2) is 0 Å². The molecule has 0 fully saturated rings. The Morgan fingerprint density at radius 2 is 1.65 bits per heavy atom. The first-order valence-corrected chi connectivity index (χ1v) is 7.63. The lowest BCUT2D eigenvalue weighted by Gasteiger charge is -2.00. The molecule has 0 unspecified atom stereocenters. The Morgan fingerprint density at radius 1 is 1.05 bits per heavy atom. The van der Waals surface area contributed by atoms with Gasteiger partial charge in [0, 0.05) is 12.8 Å². The first kappa shape index (κ1) is 18.6. The van der Waals surface area contributed by atoms with Crippen molar-refractivity contribution >= 4 is 5.97 Å². The van der Waals surface area contributed by atoms with E-state index in [9.17, 15) is 14.9 Å². The second kappa shape index (κ2) is 12.6. The zero-order valence-electron chi connectivity index (χ0n) is 12.5. The molecular formula is C15H27NO4. The van der Waals surface area contributed by atoms with Crippen molar-refractivity contribution in [3.05, 3.63) is 21.9 Å². The summed E-state index contributed by atoms with van der Waals surface area (Å²) in [6, 6.07) is 0. The highest BCUT2D eigenvalue weighted by Gasteiger charge is 2.09. The zero-order valence-corrected chi connectivity index (χ0v) is 12.5. The Balaban J connectivity index is 3.77. The van der Waals surface area contributed by atoms with Crippen LogP contribution in [0.15, 0.2) is 11.8 Å². The van der Waals surface area contributed by atoms with Gasteiger partial charge in [-0.15, -0.1) is 0 Å². The molecule has 1 N–H and O–H groups in total. The molecule has 0 spiro atoms. The molecule has 0 heterocycles. The summed E-state index contributed by atoms with van der Waals surface area (Å²) in [5, 5.41) is 19.4. The third-order valence-corrected chi connectivity index (χ3v) is 3.25. The second-order valence-electron chi connectivity index (χ2n) is 5.11. The molecule has 0 aromatic rings. The minimum absolute atomic E-state index is 0.190. The van der Waals surface area contributed by atoms with Crippen LogP contribution < -0.4 is 0 Å². The molecule has 0 aliphatic rings. The number of unbranched alkanes of at least 4 members (excludes halogenated alkanes) is 7. The van der Waals surface area contributed by atoms with Gasteiger partial charge in [0.1, 0.15) is 0 Å². The fourth-order valence-electron chi connectivity index (χ4n) is 2.04. The molecule has 0 rings (SSSR count). The molecule has 5 heteroatoms. The fourth-order valence-corrected chi connectivity index (χ4v) is 2.04. The summed E-state index contributed by atoms with van der Waals surface area (Å²) in [4.78, 5) is 20.9. The Kier molecular flexibility index (Phi) is 11.8. The highest BCUT2D eigenvalue weighted by atomic mass is 16.6. The molecule has 116 valence electrons. The number of aliphatic carboxylic acids is 1. The summed E-state index contributed by atoms with van der Waals surface area (Å²) >= 11 is 0. The maximum Gasteiger partial charge on any atom is 0.303 e. The minimum Gasteiger partial charge on any atom is -0.481 e. The number of carbonyl (C=O) groups is 1. The van der Waals surface area contributed by atoms with Gasteiger partial charge in [-0.2, -0.15) is 0 Å². The van der Waals surface area contributed by atoms with Gasteiger partial charge >= 0.3 is 5.97 Å². The standard InChI is InChI=1S/C15H27NO4/c1-2-3-4-5-8-11-14(16(19)20)12-9-6-7-10-13-15(17)18/h11H,2-10,12-13H2,1H3,(H,17,18). The maximum atomic E-state index is 10.9. The molecule has 0 aliphatic heterocycles. The van der Waals surface area contributed by atoms with Crippen LogP contribution in [0.2, 0.25) is 0 Å². The van der Waals surface area contributed by atoms with Crippen LogP contribution in [0.1, 0.15) is 77.6 Å². The highest BCUT2D eigenvalue weighted by molar-refractivity contribution is 5.66. The van der Waals surface area contributed by atoms with Crippen molar-refractivity contribution in [3.63, 3.8) is 0 Å². The average Bonchev–Trinajstić information content (AvgIpc) is 2.39. The van der Waals surface area contributed by atoms with Crippen molar-refractivity contribution in [2.45, 2.75) is 77.6 Å². The van der Waals surface area contributed by atoms with Crippen LogP contribution in [0.25, 0.3) is 0 Å². The molecule has 5 nitrogen and oxygen atoms in total. The fraction of sp³-hybridized carbons (Fsp3) is 0.800. The quantitative estimate of drug-likeness (QED) is 0.306. The van der Waals surface area contributed by atoms with Crippen LogP contribution in [0.5, 0.6) is 0 Å². The van der Waals surface area contributed by atoms with Crippen LogP contribution in [-0.4, -0.2) is 16.0 Å². The predicted molar refractivity (Wildman–Crippen MR) is 79.2 cm³/mol. The summed E-state index contributed by atoms with van der Waals surface area (Å²) in [5.41, 5.74) is 0.319. The number of nitro groups is 1. The summed E-state index contributed by atoms with van der Waals surface area (Å²) < 4.78 is 0. The summed E-state index contributed by atoms with van der Waals surface area (Å²) in [6.45, 7) is 2.14. The molecule has 0 aromatic heterocycles. The van der Waals surface area contributed by atoms with E-state index >= 15 is 0 Å². The van der Waals surface area contributed by atoms with E-state index in [0.717, 1.165) is 38.5 Å². The van der Waals surface area contributed by atoms with E-state index < -0.39 is 5.97 Å². The predicted octanol–water partition coefficient (Wildman–Crippen LogP) is 4.54. The highest BCUT2D eigenvalue weighted by Crippen LogP contribution is 2.14. The van der Waals surface area contributed by atoms with Gasteiger partial charge in [-0.05, 0) is 31.8 Å². The topological polar surface area (TPSA) is 80.4 Å². The van der Waals surface area contributed by atoms with Crippen LogP contribution in [0.3, 0.4) is 0 Å². The van der Waals surface area contributed by atoms with Crippen molar-refractivity contribution in [3.8, 4) is 0 Å². The third kappa shape index (κ3) is 11.7. The molecule has 20 heavy (non-hydrogen) atoms. The van der Waals surface area contributed by atoms with Crippen molar-refractivity contribution in [2.24, 2.45) is 0 Å². The van der Waals surface area contributed by atoms with Crippen LogP contribution in [0, 0.1) is 10.1 Å². The van der Waals surface area contributed by atoms with Crippen LogP contribution in [-0.2, 0) is 4.79 Å². The molecule has 0 amide bonds. The summed E-state index contributed by atoms with van der Waals surface area (Å²) in [5.74, 6) is -0.775. The lowest BCUT2D eigenvalue weighted by atomic mass is 10.1. The first-order valence-electron chi connectivity index (χ1n) is 7.63. The minimum atomic E-state index is -0.775. The normalized spacial score (nSPS) is 11.6. The molecule has 0 atom stereocenters. The smallest absolute Gasteiger partial charge is 0.303 e. The van der Waals surface area contributed by atoms with E-state index in [-0.39, 0.29) is 11.3 Å². The van der Waals surface area contributed by atoms with Crippen molar-refractivity contribution in [2.75, 3.05) is 0 Å². The molecule has 0 radical (unpaired) electrons. The molecule has 0 saturated carbocycles. The average molecular weight is 285 g/mol. The Morgan fingerprint density at radius 3 is 2.20 bits per heavy atom. The van der Waals surface area contributed by atoms with E-state index in [0.29, 0.717) is 18.5 Å². The molecule has 0 bridgehead atoms. The zero-order chi connectivity index (χ0) is 15.2. The number of allylic oxidation sites excluding steroid dienone is 2. The molecule has 0 aliphatic carbocycles. The van der Waals surface area contributed by atoms with Gasteiger partial charge < -0.3 is 5.11 Å². The van der Waals surface area contributed by atoms with E-state index in [1.165, 1.54) is 12.8 Å². The Labute approximate surface area is 121 Å². The number of hydrogen-bond acceptors (Lipinski definition) is 3. The largest absolute Gasteiger partial charge is 0.481 e. The SMILES string of the molecule is CCCCCCC=C(CCCCCCC(=O)O)[N+](=O)[O-]. The van der Waals surface area contributed by atoms with Gasteiger partial charge in [0.2, 0.25) is 5.70 Å². The van der Waals surface area contributed by atoms with Gasteiger partial charge in [0.05, 0.1) is 4.92 Å². The van der Waals surface area contributed by atoms with E-state index in [4.69, 9.17) is 5.11 Å². The number of hydrogen-bond donors (Lipinski definition) is 1. The van der Waals surface area contributed by atoms with Gasteiger partial charge in [-0.25, -0.2) is 0 Å². The summed E-state index contributed by atoms with van der Waals surface area (Å²) in [6.07, 6.45) is 10.8. The number of rotatable bonds is 13. The number of carboxylic acids is 1. The van der Waals surface area contributed by atoms with E-state index in [1.807, 2.05) is 0 Å². The second-order valence-corrected chi connectivity index (χ2v) is 5.11. The van der Waals surface area contributed by atoms with E-state index in [1.54, 1.807) is 6.08 Å². The first-order chi connectivity index (χ1) is 9.57. The van der Waals surface area contributed by atoms with Crippen LogP contribution in [0.4, 0.5) is 0 Å². The van der Waals surface area contributed by atoms with Gasteiger partial charge in [-0.3, -0.25) is 14.9 Å². The van der Waals surface area contributed by atoms with E-state index in [2.05, 4.69) is 6.92 Å². The summed E-state index contributed by atoms with van der Waals surface area (Å²) in [7, 11) is 0. The number of nitrogens with zero attached hydrogens (tertiary/aromatic N) is 1. The lowest BCUT2D eigenvalue weighted by Crippen LogP contribution is -1.99. The van der Waals surface area contributed by atoms with Crippen molar-refractivity contribution in [1.29, 1.82) is 0 Å². The lowest BCUT2D eigenvalue weighted by molar-refractivity contribution is -0.428. The van der Waals surface area contributed by atoms with Crippen molar-refractivity contribution < 1.29 is 14.8 Å².